The van der Waals surface area contributed by atoms with E-state index in [9.17, 15) is 4.79 Å². The van der Waals surface area contributed by atoms with Crippen LogP contribution in [-0.2, 0) is 11.2 Å². The van der Waals surface area contributed by atoms with Crippen molar-refractivity contribution in [3.8, 4) is 5.75 Å². The first kappa shape index (κ1) is 17.5. The Hall–Kier alpha value is -1.55. The van der Waals surface area contributed by atoms with Crippen molar-refractivity contribution < 1.29 is 14.3 Å². The highest BCUT2D eigenvalue weighted by atomic mass is 16.6. The Morgan fingerprint density at radius 3 is 2.33 bits per heavy atom. The largest absolute Gasteiger partial charge is 0.412 e. The van der Waals surface area contributed by atoms with E-state index >= 15 is 0 Å². The molecular weight excluding hydrogens is 266 g/mol. The molecule has 1 N–H and O–H groups in total. The number of nitrogens with one attached hydrogen (secondary N) is 1. The van der Waals surface area contributed by atoms with Gasteiger partial charge in [0.1, 0.15) is 5.75 Å². The summed E-state index contributed by atoms with van der Waals surface area (Å²) < 4.78 is 10.5. The van der Waals surface area contributed by atoms with Gasteiger partial charge in [-0.2, -0.15) is 0 Å². The van der Waals surface area contributed by atoms with Crippen LogP contribution in [0.1, 0.15) is 40.2 Å². The maximum atomic E-state index is 11.6. The van der Waals surface area contributed by atoms with Crippen LogP contribution in [0.5, 0.6) is 5.75 Å². The van der Waals surface area contributed by atoms with E-state index in [2.05, 4.69) is 26.1 Å². The molecule has 0 aliphatic carbocycles. The van der Waals surface area contributed by atoms with Crippen LogP contribution in [0.4, 0.5) is 4.79 Å². The topological polar surface area (TPSA) is 47.6 Å². The average Bonchev–Trinajstić information content (AvgIpc) is 2.35. The normalized spacial score (nSPS) is 11.5. The van der Waals surface area contributed by atoms with Gasteiger partial charge >= 0.3 is 6.09 Å². The Labute approximate surface area is 127 Å². The molecule has 0 radical (unpaired) electrons. The molecule has 1 aromatic rings. The number of rotatable bonds is 6. The van der Waals surface area contributed by atoms with Crippen molar-refractivity contribution in [2.75, 3.05) is 13.2 Å². The Kier molecular flexibility index (Phi) is 6.69. The molecule has 0 spiro atoms. The second-order valence-corrected chi connectivity index (χ2v) is 6.62. The number of carbonyl (C=O) groups is 1. The van der Waals surface area contributed by atoms with Gasteiger partial charge in [0.25, 0.3) is 0 Å². The second-order valence-electron chi connectivity index (χ2n) is 6.62. The van der Waals surface area contributed by atoms with Gasteiger partial charge in [0, 0.05) is 6.54 Å². The Bertz CT molecular complexity index is 432. The van der Waals surface area contributed by atoms with Crippen molar-refractivity contribution in [1.82, 2.24) is 5.32 Å². The van der Waals surface area contributed by atoms with E-state index in [4.69, 9.17) is 9.47 Å². The van der Waals surface area contributed by atoms with E-state index in [0.29, 0.717) is 18.9 Å². The summed E-state index contributed by atoms with van der Waals surface area (Å²) in [5.74, 6) is 0.551. The first-order chi connectivity index (χ1) is 9.76. The molecule has 0 atom stereocenters. The molecule has 1 amide bonds. The zero-order chi connectivity index (χ0) is 15.9. The van der Waals surface area contributed by atoms with Crippen molar-refractivity contribution in [3.63, 3.8) is 0 Å². The molecule has 0 saturated carbocycles. The van der Waals surface area contributed by atoms with Crippen molar-refractivity contribution >= 4 is 6.09 Å². The molecule has 0 bridgehead atoms. The van der Waals surface area contributed by atoms with Gasteiger partial charge in [-0.15, -0.1) is 0 Å². The van der Waals surface area contributed by atoms with Crippen LogP contribution in [0.3, 0.4) is 0 Å². The SMILES string of the molecule is CC(C)OCCNC(=O)Oc1ccc(CC(C)(C)C)cc1. The van der Waals surface area contributed by atoms with Gasteiger partial charge in [-0.25, -0.2) is 4.79 Å². The molecule has 21 heavy (non-hydrogen) atoms. The maximum absolute atomic E-state index is 11.6. The summed E-state index contributed by atoms with van der Waals surface area (Å²) in [7, 11) is 0. The highest BCUT2D eigenvalue weighted by Crippen LogP contribution is 2.22. The number of carbonyl (C=O) groups excluding carboxylic acids is 1. The molecule has 4 heteroatoms. The summed E-state index contributed by atoms with van der Waals surface area (Å²) in [5, 5.41) is 2.65. The van der Waals surface area contributed by atoms with E-state index < -0.39 is 6.09 Å². The number of hydrogen-bond donors (Lipinski definition) is 1. The zero-order valence-corrected chi connectivity index (χ0v) is 13.7. The molecule has 1 rings (SSSR count). The molecule has 118 valence electrons. The van der Waals surface area contributed by atoms with Gasteiger partial charge in [0.05, 0.1) is 12.7 Å². The number of hydrogen-bond acceptors (Lipinski definition) is 3. The number of ether oxygens (including phenoxy) is 2. The smallest absolute Gasteiger partial charge is 0.410 e. The van der Waals surface area contributed by atoms with Crippen LogP contribution < -0.4 is 10.1 Å². The molecule has 0 aliphatic rings. The molecule has 4 nitrogen and oxygen atoms in total. The highest BCUT2D eigenvalue weighted by Gasteiger charge is 2.11. The van der Waals surface area contributed by atoms with E-state index in [-0.39, 0.29) is 11.5 Å². The summed E-state index contributed by atoms with van der Waals surface area (Å²) in [6, 6.07) is 7.64. The molecule has 0 aromatic heterocycles. The summed E-state index contributed by atoms with van der Waals surface area (Å²) in [6.07, 6.45) is 0.704. The third kappa shape index (κ3) is 8.35. The summed E-state index contributed by atoms with van der Waals surface area (Å²) in [4.78, 5) is 11.6. The predicted octanol–water partition coefficient (Wildman–Crippen LogP) is 3.79. The third-order valence-corrected chi connectivity index (χ3v) is 2.69. The van der Waals surface area contributed by atoms with Crippen LogP contribution in [0.15, 0.2) is 24.3 Å². The maximum Gasteiger partial charge on any atom is 0.412 e. The molecule has 0 heterocycles. The Balaban J connectivity index is 2.36. The third-order valence-electron chi connectivity index (χ3n) is 2.69. The molecule has 0 unspecified atom stereocenters. The van der Waals surface area contributed by atoms with Gasteiger partial charge in [0.15, 0.2) is 0 Å². The molecule has 0 aliphatic heterocycles. The van der Waals surface area contributed by atoms with Gasteiger partial charge in [-0.05, 0) is 43.4 Å². The van der Waals surface area contributed by atoms with Crippen LogP contribution >= 0.6 is 0 Å². The van der Waals surface area contributed by atoms with Gasteiger partial charge in [-0.3, -0.25) is 0 Å². The lowest BCUT2D eigenvalue weighted by atomic mass is 9.88. The lowest BCUT2D eigenvalue weighted by Gasteiger charge is -2.18. The lowest BCUT2D eigenvalue weighted by Crippen LogP contribution is -2.30. The average molecular weight is 293 g/mol. The van der Waals surface area contributed by atoms with Gasteiger partial charge in [0.2, 0.25) is 0 Å². The Morgan fingerprint density at radius 1 is 1.19 bits per heavy atom. The molecule has 0 fully saturated rings. The predicted molar refractivity (Wildman–Crippen MR) is 84.7 cm³/mol. The Morgan fingerprint density at radius 2 is 1.81 bits per heavy atom. The lowest BCUT2D eigenvalue weighted by molar-refractivity contribution is 0.0805. The van der Waals surface area contributed by atoms with Crippen LogP contribution in [0, 0.1) is 5.41 Å². The van der Waals surface area contributed by atoms with Crippen molar-refractivity contribution in [1.29, 1.82) is 0 Å². The monoisotopic (exact) mass is 293 g/mol. The first-order valence-electron chi connectivity index (χ1n) is 7.42. The zero-order valence-electron chi connectivity index (χ0n) is 13.7. The second kappa shape index (κ2) is 8.03. The standard InChI is InChI=1S/C17H27NO3/c1-13(2)20-11-10-18-16(19)21-15-8-6-14(7-9-15)12-17(3,4)5/h6-9,13H,10-12H2,1-5H3,(H,18,19). The van der Waals surface area contributed by atoms with E-state index in [0.717, 1.165) is 6.42 Å². The number of benzene rings is 1. The van der Waals surface area contributed by atoms with Crippen molar-refractivity contribution in [3.05, 3.63) is 29.8 Å². The van der Waals surface area contributed by atoms with Crippen molar-refractivity contribution in [2.45, 2.75) is 47.1 Å². The highest BCUT2D eigenvalue weighted by molar-refractivity contribution is 5.70. The minimum atomic E-state index is -0.453. The minimum Gasteiger partial charge on any atom is -0.410 e. The molecule has 0 saturated heterocycles. The molecular formula is C17H27NO3. The van der Waals surface area contributed by atoms with E-state index in [1.807, 2.05) is 38.1 Å². The van der Waals surface area contributed by atoms with E-state index in [1.54, 1.807) is 0 Å². The fourth-order valence-electron chi connectivity index (χ4n) is 1.88. The van der Waals surface area contributed by atoms with E-state index in [1.165, 1.54) is 5.56 Å². The first-order valence-corrected chi connectivity index (χ1v) is 7.42. The van der Waals surface area contributed by atoms with Crippen LogP contribution in [0.25, 0.3) is 0 Å². The fraction of sp³-hybridized carbons (Fsp3) is 0.588. The van der Waals surface area contributed by atoms with Crippen LogP contribution in [-0.4, -0.2) is 25.3 Å². The number of amides is 1. The summed E-state index contributed by atoms with van der Waals surface area (Å²) in [5.41, 5.74) is 1.48. The van der Waals surface area contributed by atoms with Gasteiger partial charge < -0.3 is 14.8 Å². The van der Waals surface area contributed by atoms with Crippen molar-refractivity contribution in [2.24, 2.45) is 5.41 Å². The summed E-state index contributed by atoms with van der Waals surface area (Å²) >= 11 is 0. The summed E-state index contributed by atoms with van der Waals surface area (Å²) in [6.45, 7) is 11.4. The fourth-order valence-corrected chi connectivity index (χ4v) is 1.88. The minimum absolute atomic E-state index is 0.165. The van der Waals surface area contributed by atoms with Gasteiger partial charge in [-0.1, -0.05) is 32.9 Å². The molecule has 1 aromatic carbocycles. The quantitative estimate of drug-likeness (QED) is 0.812. The van der Waals surface area contributed by atoms with Crippen LogP contribution in [0.2, 0.25) is 0 Å².